The molecule has 0 saturated heterocycles. The van der Waals surface area contributed by atoms with Gasteiger partial charge < -0.3 is 4.74 Å². The van der Waals surface area contributed by atoms with E-state index in [1.54, 1.807) is 0 Å². The Balaban J connectivity index is 2.31. The zero-order valence-corrected chi connectivity index (χ0v) is 11.3. The summed E-state index contributed by atoms with van der Waals surface area (Å²) >= 11 is 5.85. The zero-order chi connectivity index (χ0) is 14.2. The Morgan fingerprint density at radius 3 is 2.68 bits per heavy atom. The van der Waals surface area contributed by atoms with Crippen LogP contribution in [-0.2, 0) is 9.53 Å². The molecule has 1 aromatic carbocycles. The minimum atomic E-state index is -0.774. The second-order valence-corrected chi connectivity index (χ2v) is 4.87. The lowest BCUT2D eigenvalue weighted by molar-refractivity contribution is -0.114. The number of hydrogen-bond acceptors (Lipinski definition) is 3. The fourth-order valence-corrected chi connectivity index (χ4v) is 2.18. The first kappa shape index (κ1) is 14.0. The number of benzene rings is 1. The molecule has 6 heteroatoms. The van der Waals surface area contributed by atoms with Crippen LogP contribution in [0.4, 0.5) is 10.1 Å². The fraction of sp³-hybridized carbons (Fsp3) is 0.385. The molecule has 0 saturated carbocycles. The normalized spacial score (nSPS) is 14.5. The predicted molar refractivity (Wildman–Crippen MR) is 69.2 cm³/mol. The van der Waals surface area contributed by atoms with E-state index >= 15 is 0 Å². The van der Waals surface area contributed by atoms with Gasteiger partial charge in [0.05, 0.1) is 29.0 Å². The Morgan fingerprint density at radius 2 is 2.05 bits per heavy atom. The van der Waals surface area contributed by atoms with Gasteiger partial charge in [-0.15, -0.1) is 0 Å². The molecule has 0 atom stereocenters. The highest BCUT2D eigenvalue weighted by Crippen LogP contribution is 2.36. The van der Waals surface area contributed by atoms with Gasteiger partial charge in [-0.3, -0.25) is 14.5 Å². The number of Topliss-reactive ketones (excluding diaryl/α,β-unsaturated/α-hetero) is 1. The number of fused-ring (bicyclic) bond motifs is 1. The molecule has 0 aromatic heterocycles. The largest absolute Gasteiger partial charge is 0.377 e. The van der Waals surface area contributed by atoms with Gasteiger partial charge in [0.2, 0.25) is 0 Å². The van der Waals surface area contributed by atoms with Crippen LogP contribution in [0.3, 0.4) is 0 Å². The van der Waals surface area contributed by atoms with Crippen LogP contribution in [0.2, 0.25) is 5.02 Å². The number of amides is 1. The molecule has 0 radical (unpaired) electrons. The first-order chi connectivity index (χ1) is 8.93. The molecule has 1 aliphatic rings. The van der Waals surface area contributed by atoms with Gasteiger partial charge in [0.15, 0.2) is 0 Å². The zero-order valence-electron chi connectivity index (χ0n) is 10.6. The number of rotatable bonds is 4. The summed E-state index contributed by atoms with van der Waals surface area (Å²) < 4.78 is 19.1. The lowest BCUT2D eigenvalue weighted by Crippen LogP contribution is -2.33. The molecule has 0 bridgehead atoms. The van der Waals surface area contributed by atoms with Gasteiger partial charge in [-0.1, -0.05) is 11.6 Å². The van der Waals surface area contributed by atoms with E-state index in [0.29, 0.717) is 0 Å². The van der Waals surface area contributed by atoms with Gasteiger partial charge in [-0.2, -0.15) is 0 Å². The summed E-state index contributed by atoms with van der Waals surface area (Å²) in [6.07, 6.45) is -0.00270. The van der Waals surface area contributed by atoms with Crippen LogP contribution < -0.4 is 4.90 Å². The topological polar surface area (TPSA) is 46.6 Å². The summed E-state index contributed by atoms with van der Waals surface area (Å²) in [4.78, 5) is 24.7. The molecule has 2 rings (SSSR count). The van der Waals surface area contributed by atoms with Crippen LogP contribution in [0, 0.1) is 5.82 Å². The highest BCUT2D eigenvalue weighted by atomic mass is 35.5. The molecule has 1 amide bonds. The summed E-state index contributed by atoms with van der Waals surface area (Å²) in [5.41, 5.74) is -0.105. The molecule has 0 aliphatic carbocycles. The predicted octanol–water partition coefficient (Wildman–Crippen LogP) is 2.43. The Morgan fingerprint density at radius 1 is 1.37 bits per heavy atom. The number of hydrogen-bond donors (Lipinski definition) is 0. The number of ether oxygens (including phenoxy) is 1. The van der Waals surface area contributed by atoms with Gasteiger partial charge >= 0.3 is 0 Å². The molecule has 0 fully saturated rings. The Hall–Kier alpha value is -1.46. The van der Waals surface area contributed by atoms with E-state index in [0.717, 1.165) is 11.0 Å². The lowest BCUT2D eigenvalue weighted by Gasteiger charge is -2.18. The smallest absolute Gasteiger partial charge is 0.299 e. The Kier molecular flexibility index (Phi) is 3.87. The average Bonchev–Trinajstić information content (AvgIpc) is 2.59. The lowest BCUT2D eigenvalue weighted by atomic mass is 10.1. The molecule has 19 heavy (non-hydrogen) atoms. The summed E-state index contributed by atoms with van der Waals surface area (Å²) in [5, 5.41) is 0.0852. The fourth-order valence-electron chi connectivity index (χ4n) is 1.95. The maximum Gasteiger partial charge on any atom is 0.299 e. The van der Waals surface area contributed by atoms with Gasteiger partial charge in [-0.25, -0.2) is 4.39 Å². The summed E-state index contributed by atoms with van der Waals surface area (Å²) in [7, 11) is 0. The van der Waals surface area contributed by atoms with Crippen molar-refractivity contribution in [1.82, 2.24) is 0 Å². The molecule has 1 aromatic rings. The molecule has 102 valence electrons. The van der Waals surface area contributed by atoms with Gasteiger partial charge in [0.25, 0.3) is 11.7 Å². The summed E-state index contributed by atoms with van der Waals surface area (Å²) in [6.45, 7) is 4.04. The summed E-state index contributed by atoms with van der Waals surface area (Å²) in [6, 6.07) is 2.42. The SMILES string of the molecule is CC(C)OCCN1C(=O)C(=O)c2c(Cl)ccc(F)c21. The van der Waals surface area contributed by atoms with Crippen molar-refractivity contribution in [2.45, 2.75) is 20.0 Å². The van der Waals surface area contributed by atoms with E-state index in [4.69, 9.17) is 16.3 Å². The van der Waals surface area contributed by atoms with Crippen LogP contribution >= 0.6 is 11.6 Å². The highest BCUT2D eigenvalue weighted by molar-refractivity contribution is 6.55. The van der Waals surface area contributed by atoms with Crippen LogP contribution in [0.25, 0.3) is 0 Å². The van der Waals surface area contributed by atoms with Gasteiger partial charge in [0, 0.05) is 6.54 Å². The molecule has 0 unspecified atom stereocenters. The van der Waals surface area contributed by atoms with Crippen LogP contribution in [0.5, 0.6) is 0 Å². The second kappa shape index (κ2) is 5.27. The van der Waals surface area contributed by atoms with Crippen molar-refractivity contribution in [2.24, 2.45) is 0 Å². The molecule has 1 heterocycles. The molecule has 1 aliphatic heterocycles. The van der Waals surface area contributed by atoms with Crippen molar-refractivity contribution in [1.29, 1.82) is 0 Å². The number of halogens is 2. The van der Waals surface area contributed by atoms with Crippen molar-refractivity contribution in [3.63, 3.8) is 0 Å². The van der Waals surface area contributed by atoms with E-state index < -0.39 is 17.5 Å². The minimum Gasteiger partial charge on any atom is -0.377 e. The number of carbonyl (C=O) groups is 2. The second-order valence-electron chi connectivity index (χ2n) is 4.46. The van der Waals surface area contributed by atoms with E-state index in [1.807, 2.05) is 13.8 Å². The van der Waals surface area contributed by atoms with Crippen LogP contribution in [0.1, 0.15) is 24.2 Å². The average molecular weight is 286 g/mol. The number of nitrogens with zero attached hydrogens (tertiary/aromatic N) is 1. The van der Waals surface area contributed by atoms with Crippen LogP contribution in [0.15, 0.2) is 12.1 Å². The first-order valence-corrected chi connectivity index (χ1v) is 6.27. The molecule has 0 N–H and O–H groups in total. The third-order valence-electron chi connectivity index (χ3n) is 2.78. The summed E-state index contributed by atoms with van der Waals surface area (Å²) in [5.74, 6) is -2.18. The van der Waals surface area contributed by atoms with E-state index in [1.165, 1.54) is 6.07 Å². The minimum absolute atomic E-state index is 0.00270. The number of ketones is 1. The van der Waals surface area contributed by atoms with Crippen molar-refractivity contribution < 1.29 is 18.7 Å². The standard InChI is InChI=1S/C13H13ClFNO3/c1-7(2)19-6-5-16-11-9(15)4-3-8(14)10(11)12(17)13(16)18/h3-4,7H,5-6H2,1-2H3. The highest BCUT2D eigenvalue weighted by Gasteiger charge is 2.39. The number of anilines is 1. The van der Waals surface area contributed by atoms with Crippen molar-refractivity contribution in [2.75, 3.05) is 18.1 Å². The molecule has 0 spiro atoms. The van der Waals surface area contributed by atoms with Crippen molar-refractivity contribution in [3.05, 3.63) is 28.5 Å². The van der Waals surface area contributed by atoms with E-state index in [2.05, 4.69) is 0 Å². The maximum absolute atomic E-state index is 13.8. The van der Waals surface area contributed by atoms with Crippen molar-refractivity contribution >= 4 is 29.0 Å². The first-order valence-electron chi connectivity index (χ1n) is 5.89. The third kappa shape index (κ3) is 2.48. The monoisotopic (exact) mass is 285 g/mol. The number of carbonyl (C=O) groups excluding carboxylic acids is 2. The van der Waals surface area contributed by atoms with Gasteiger partial charge in [-0.05, 0) is 26.0 Å². The quantitative estimate of drug-likeness (QED) is 0.798. The Labute approximate surface area is 115 Å². The molecular weight excluding hydrogens is 273 g/mol. The molecular formula is C13H13ClFNO3. The molecule has 4 nitrogen and oxygen atoms in total. The van der Waals surface area contributed by atoms with Crippen molar-refractivity contribution in [3.8, 4) is 0 Å². The maximum atomic E-state index is 13.8. The van der Waals surface area contributed by atoms with E-state index in [9.17, 15) is 14.0 Å². The Bertz CT molecular complexity index is 545. The van der Waals surface area contributed by atoms with E-state index in [-0.39, 0.29) is 35.5 Å². The van der Waals surface area contributed by atoms with Crippen LogP contribution in [-0.4, -0.2) is 30.9 Å². The van der Waals surface area contributed by atoms with Gasteiger partial charge in [0.1, 0.15) is 5.82 Å². The third-order valence-corrected chi connectivity index (χ3v) is 3.10.